The van der Waals surface area contributed by atoms with Gasteiger partial charge in [-0.1, -0.05) is 6.07 Å². The molecule has 1 saturated heterocycles. The minimum absolute atomic E-state index is 0.160. The molecule has 1 heterocycles. The lowest BCUT2D eigenvalue weighted by atomic mass is 10.1. The summed E-state index contributed by atoms with van der Waals surface area (Å²) in [6.07, 6.45) is 0.397. The van der Waals surface area contributed by atoms with E-state index in [4.69, 9.17) is 11.5 Å². The molecule has 0 radical (unpaired) electrons. The van der Waals surface area contributed by atoms with Gasteiger partial charge in [0.25, 0.3) is 0 Å². The molecule has 0 saturated carbocycles. The van der Waals surface area contributed by atoms with Crippen LogP contribution in [0.4, 0.5) is 11.4 Å². The number of piperazine rings is 1. The number of nitrogen functional groups attached to an aromatic ring is 2. The summed E-state index contributed by atoms with van der Waals surface area (Å²) in [4.78, 5) is 16.2. The van der Waals surface area contributed by atoms with Crippen molar-refractivity contribution in [3.8, 4) is 0 Å². The van der Waals surface area contributed by atoms with E-state index in [0.29, 0.717) is 17.8 Å². The topological polar surface area (TPSA) is 75.6 Å². The van der Waals surface area contributed by atoms with E-state index < -0.39 is 0 Å². The number of nitrogens with zero attached hydrogens (tertiary/aromatic N) is 2. The summed E-state index contributed by atoms with van der Waals surface area (Å²) in [6, 6.07) is 5.39. The summed E-state index contributed by atoms with van der Waals surface area (Å²) in [7, 11) is 2.07. The molecule has 0 atom stereocenters. The Hall–Kier alpha value is -1.75. The Bertz CT molecular complexity index is 439. The number of rotatable bonds is 2. The van der Waals surface area contributed by atoms with Gasteiger partial charge in [-0.15, -0.1) is 0 Å². The van der Waals surface area contributed by atoms with E-state index in [2.05, 4.69) is 11.9 Å². The first kappa shape index (κ1) is 12.7. The second kappa shape index (κ2) is 5.27. The molecule has 98 valence electrons. The van der Waals surface area contributed by atoms with E-state index in [1.165, 1.54) is 0 Å². The van der Waals surface area contributed by atoms with Crippen LogP contribution in [0.3, 0.4) is 0 Å². The van der Waals surface area contributed by atoms with Crippen molar-refractivity contribution < 1.29 is 4.79 Å². The van der Waals surface area contributed by atoms with E-state index in [0.717, 1.165) is 31.7 Å². The highest BCUT2D eigenvalue weighted by molar-refractivity contribution is 5.79. The lowest BCUT2D eigenvalue weighted by Gasteiger charge is -2.32. The third kappa shape index (κ3) is 2.92. The van der Waals surface area contributed by atoms with Crippen LogP contribution >= 0.6 is 0 Å². The van der Waals surface area contributed by atoms with Crippen LogP contribution in [0.5, 0.6) is 0 Å². The zero-order valence-corrected chi connectivity index (χ0v) is 10.7. The SMILES string of the molecule is CN1CCN(C(=O)Cc2ccc(N)c(N)c2)CC1. The van der Waals surface area contributed by atoms with Gasteiger partial charge in [-0.05, 0) is 24.7 Å². The molecule has 18 heavy (non-hydrogen) atoms. The van der Waals surface area contributed by atoms with Crippen LogP contribution in [0.25, 0.3) is 0 Å². The van der Waals surface area contributed by atoms with Crippen molar-refractivity contribution in [3.05, 3.63) is 23.8 Å². The molecule has 0 bridgehead atoms. The van der Waals surface area contributed by atoms with Crippen molar-refractivity contribution in [1.82, 2.24) is 9.80 Å². The summed E-state index contributed by atoms with van der Waals surface area (Å²) in [5.41, 5.74) is 13.4. The van der Waals surface area contributed by atoms with Crippen LogP contribution in [0.15, 0.2) is 18.2 Å². The summed E-state index contributed by atoms with van der Waals surface area (Å²) in [5, 5.41) is 0. The monoisotopic (exact) mass is 248 g/mol. The number of hydrogen-bond acceptors (Lipinski definition) is 4. The van der Waals surface area contributed by atoms with Crippen molar-refractivity contribution in [3.63, 3.8) is 0 Å². The number of carbonyl (C=O) groups is 1. The number of likely N-dealkylation sites (N-methyl/N-ethyl adjacent to an activating group) is 1. The average molecular weight is 248 g/mol. The minimum atomic E-state index is 0.160. The number of carbonyl (C=O) groups excluding carboxylic acids is 1. The third-order valence-corrected chi connectivity index (χ3v) is 3.36. The summed E-state index contributed by atoms with van der Waals surface area (Å²) >= 11 is 0. The minimum Gasteiger partial charge on any atom is -0.397 e. The molecular weight excluding hydrogens is 228 g/mol. The summed E-state index contributed by atoms with van der Waals surface area (Å²) in [5.74, 6) is 0.160. The normalized spacial score (nSPS) is 16.8. The molecule has 0 aromatic heterocycles. The van der Waals surface area contributed by atoms with Crippen molar-refractivity contribution in [1.29, 1.82) is 0 Å². The van der Waals surface area contributed by atoms with Crippen LogP contribution in [0.1, 0.15) is 5.56 Å². The maximum atomic E-state index is 12.1. The van der Waals surface area contributed by atoms with Crippen LogP contribution in [0, 0.1) is 0 Å². The standard InChI is InChI=1S/C13H20N4O/c1-16-4-6-17(7-5-16)13(18)9-10-2-3-11(14)12(15)8-10/h2-3,8H,4-7,9,14-15H2,1H3. The van der Waals surface area contributed by atoms with Crippen LogP contribution in [-0.4, -0.2) is 48.9 Å². The van der Waals surface area contributed by atoms with E-state index in [-0.39, 0.29) is 5.91 Å². The molecule has 1 aromatic rings. The van der Waals surface area contributed by atoms with Crippen molar-refractivity contribution in [2.75, 3.05) is 44.7 Å². The molecule has 5 nitrogen and oxygen atoms in total. The van der Waals surface area contributed by atoms with E-state index in [9.17, 15) is 4.79 Å². The highest BCUT2D eigenvalue weighted by atomic mass is 16.2. The Kier molecular flexibility index (Phi) is 3.72. The van der Waals surface area contributed by atoms with Crippen LogP contribution in [0.2, 0.25) is 0 Å². The van der Waals surface area contributed by atoms with Gasteiger partial charge in [-0.2, -0.15) is 0 Å². The first-order valence-electron chi connectivity index (χ1n) is 6.16. The van der Waals surface area contributed by atoms with Gasteiger partial charge in [-0.25, -0.2) is 0 Å². The fourth-order valence-electron chi connectivity index (χ4n) is 2.08. The Morgan fingerprint density at radius 3 is 2.44 bits per heavy atom. The second-order valence-corrected chi connectivity index (χ2v) is 4.82. The smallest absolute Gasteiger partial charge is 0.227 e. The van der Waals surface area contributed by atoms with Gasteiger partial charge in [0, 0.05) is 26.2 Å². The Morgan fingerprint density at radius 2 is 1.83 bits per heavy atom. The molecule has 4 N–H and O–H groups in total. The summed E-state index contributed by atoms with van der Waals surface area (Å²) in [6.45, 7) is 3.49. The van der Waals surface area contributed by atoms with E-state index in [1.807, 2.05) is 11.0 Å². The van der Waals surface area contributed by atoms with Crippen LogP contribution < -0.4 is 11.5 Å². The molecule has 0 spiro atoms. The lowest BCUT2D eigenvalue weighted by Crippen LogP contribution is -2.47. The predicted molar refractivity (Wildman–Crippen MR) is 73.0 cm³/mol. The fourth-order valence-corrected chi connectivity index (χ4v) is 2.08. The van der Waals surface area contributed by atoms with Gasteiger partial charge in [0.05, 0.1) is 17.8 Å². The molecule has 1 aliphatic rings. The molecular formula is C13H20N4O. The first-order chi connectivity index (χ1) is 8.56. The number of hydrogen-bond donors (Lipinski definition) is 2. The van der Waals surface area contributed by atoms with Crippen molar-refractivity contribution in [2.45, 2.75) is 6.42 Å². The molecule has 1 fully saturated rings. The van der Waals surface area contributed by atoms with Crippen molar-refractivity contribution in [2.24, 2.45) is 0 Å². The highest BCUT2D eigenvalue weighted by Gasteiger charge is 2.19. The maximum Gasteiger partial charge on any atom is 0.227 e. The fraction of sp³-hybridized carbons (Fsp3) is 0.462. The number of nitrogens with two attached hydrogens (primary N) is 2. The van der Waals surface area contributed by atoms with Gasteiger partial charge in [-0.3, -0.25) is 4.79 Å². The number of benzene rings is 1. The molecule has 1 amide bonds. The summed E-state index contributed by atoms with van der Waals surface area (Å²) < 4.78 is 0. The Morgan fingerprint density at radius 1 is 1.17 bits per heavy atom. The third-order valence-electron chi connectivity index (χ3n) is 3.36. The van der Waals surface area contributed by atoms with Gasteiger partial charge in [0.15, 0.2) is 0 Å². The molecule has 2 rings (SSSR count). The Balaban J connectivity index is 1.96. The second-order valence-electron chi connectivity index (χ2n) is 4.82. The van der Waals surface area contributed by atoms with E-state index >= 15 is 0 Å². The quantitative estimate of drug-likeness (QED) is 0.731. The maximum absolute atomic E-state index is 12.1. The highest BCUT2D eigenvalue weighted by Crippen LogP contribution is 2.17. The molecule has 1 aliphatic heterocycles. The number of amides is 1. The molecule has 0 aliphatic carbocycles. The number of anilines is 2. The lowest BCUT2D eigenvalue weighted by molar-refractivity contribution is -0.132. The molecule has 5 heteroatoms. The average Bonchev–Trinajstić information content (AvgIpc) is 2.34. The predicted octanol–water partition coefficient (Wildman–Crippen LogP) is 0.168. The molecule has 0 unspecified atom stereocenters. The van der Waals surface area contributed by atoms with Crippen molar-refractivity contribution >= 4 is 17.3 Å². The zero-order chi connectivity index (χ0) is 13.1. The molecule has 1 aromatic carbocycles. The van der Waals surface area contributed by atoms with Gasteiger partial charge in [0.1, 0.15) is 0 Å². The first-order valence-corrected chi connectivity index (χ1v) is 6.16. The van der Waals surface area contributed by atoms with Gasteiger partial charge in [0.2, 0.25) is 5.91 Å². The Labute approximate surface area is 107 Å². The van der Waals surface area contributed by atoms with E-state index in [1.54, 1.807) is 12.1 Å². The van der Waals surface area contributed by atoms with Crippen LogP contribution in [-0.2, 0) is 11.2 Å². The zero-order valence-electron chi connectivity index (χ0n) is 10.7. The largest absolute Gasteiger partial charge is 0.397 e. The van der Waals surface area contributed by atoms with Gasteiger partial charge < -0.3 is 21.3 Å². The van der Waals surface area contributed by atoms with Gasteiger partial charge >= 0.3 is 0 Å².